The summed E-state index contributed by atoms with van der Waals surface area (Å²) in [7, 11) is 4.00. The van der Waals surface area contributed by atoms with Crippen molar-refractivity contribution in [3.8, 4) is 0 Å². The number of carbonyl (C=O) groups excluding carboxylic acids is 2. The largest absolute Gasteiger partial charge is 0.361 e. The fourth-order valence-electron chi connectivity index (χ4n) is 4.46. The molecule has 4 rings (SSSR count). The van der Waals surface area contributed by atoms with Crippen LogP contribution >= 0.6 is 0 Å². The maximum atomic E-state index is 13.6. The van der Waals surface area contributed by atoms with E-state index < -0.39 is 5.60 Å². The minimum atomic E-state index is -1.03. The Kier molecular flexibility index (Phi) is 5.88. The van der Waals surface area contributed by atoms with E-state index in [2.05, 4.69) is 17.0 Å². The average Bonchev–Trinajstić information content (AvgIpc) is 3.04. The molecule has 0 radical (unpaired) electrons. The van der Waals surface area contributed by atoms with Crippen LogP contribution in [-0.2, 0) is 9.53 Å². The zero-order valence-corrected chi connectivity index (χ0v) is 17.7. The molecule has 0 N–H and O–H groups in total. The number of carbonyl (C=O) groups is 2. The first-order valence-electron chi connectivity index (χ1n) is 10.5. The zero-order valence-electron chi connectivity index (χ0n) is 17.7. The molecule has 1 spiro atoms. The monoisotopic (exact) mass is 407 g/mol. The molecular weight excluding hydrogens is 378 g/mol. The second-order valence-electron chi connectivity index (χ2n) is 8.35. The van der Waals surface area contributed by atoms with Crippen molar-refractivity contribution in [1.29, 1.82) is 0 Å². The number of amides is 2. The number of hydrogen-bond donors (Lipinski definition) is 0. The molecule has 0 aliphatic carbocycles. The first-order valence-corrected chi connectivity index (χ1v) is 10.5. The van der Waals surface area contributed by atoms with Gasteiger partial charge in [-0.15, -0.1) is 0 Å². The van der Waals surface area contributed by atoms with Crippen LogP contribution in [0, 0.1) is 0 Å². The molecule has 0 saturated carbocycles. The molecule has 2 atom stereocenters. The summed E-state index contributed by atoms with van der Waals surface area (Å²) < 4.78 is 6.26. The SMILES string of the molecule is CN(C)CCN1C[C@@H](c2ccccc2)[C@@]2(CN(C(=O)c3ccccc3)CCO2)C1=O. The predicted molar refractivity (Wildman–Crippen MR) is 115 cm³/mol. The summed E-state index contributed by atoms with van der Waals surface area (Å²) in [5.41, 5.74) is 0.684. The summed E-state index contributed by atoms with van der Waals surface area (Å²) in [5, 5.41) is 0. The van der Waals surface area contributed by atoms with Gasteiger partial charge in [0.1, 0.15) is 0 Å². The summed E-state index contributed by atoms with van der Waals surface area (Å²) >= 11 is 0. The average molecular weight is 408 g/mol. The van der Waals surface area contributed by atoms with Crippen LogP contribution in [0.5, 0.6) is 0 Å². The summed E-state index contributed by atoms with van der Waals surface area (Å²) in [6, 6.07) is 19.3. The number of ether oxygens (including phenoxy) is 1. The Morgan fingerprint density at radius 3 is 2.43 bits per heavy atom. The van der Waals surface area contributed by atoms with Gasteiger partial charge in [-0.1, -0.05) is 48.5 Å². The fourth-order valence-corrected chi connectivity index (χ4v) is 4.46. The van der Waals surface area contributed by atoms with Crippen LogP contribution in [0.15, 0.2) is 60.7 Å². The lowest BCUT2D eigenvalue weighted by Gasteiger charge is -2.42. The lowest BCUT2D eigenvalue weighted by molar-refractivity contribution is -0.159. The molecule has 0 aromatic heterocycles. The van der Waals surface area contributed by atoms with Gasteiger partial charge in [-0.25, -0.2) is 0 Å². The molecule has 2 aliphatic heterocycles. The van der Waals surface area contributed by atoms with Crippen LogP contribution in [0.1, 0.15) is 21.8 Å². The lowest BCUT2D eigenvalue weighted by atomic mass is 9.83. The van der Waals surface area contributed by atoms with E-state index in [1.807, 2.05) is 67.5 Å². The molecule has 2 aromatic rings. The minimum Gasteiger partial charge on any atom is -0.361 e. The van der Waals surface area contributed by atoms with E-state index in [1.54, 1.807) is 4.90 Å². The summed E-state index contributed by atoms with van der Waals surface area (Å²) in [5.74, 6) is -0.173. The molecule has 6 heteroatoms. The number of likely N-dealkylation sites (tertiary alicyclic amines) is 1. The molecule has 0 bridgehead atoms. The van der Waals surface area contributed by atoms with E-state index in [-0.39, 0.29) is 24.3 Å². The first kappa shape index (κ1) is 20.6. The highest BCUT2D eigenvalue weighted by Gasteiger charge is 2.58. The molecule has 2 aliphatic rings. The van der Waals surface area contributed by atoms with Gasteiger partial charge in [0.2, 0.25) is 0 Å². The van der Waals surface area contributed by atoms with E-state index in [1.165, 1.54) is 0 Å². The van der Waals surface area contributed by atoms with Crippen molar-refractivity contribution in [2.24, 2.45) is 0 Å². The number of rotatable bonds is 5. The predicted octanol–water partition coefficient (Wildman–Crippen LogP) is 2.09. The smallest absolute Gasteiger partial charge is 0.257 e. The molecule has 2 amide bonds. The highest BCUT2D eigenvalue weighted by molar-refractivity contribution is 5.96. The van der Waals surface area contributed by atoms with Crippen LogP contribution in [0.2, 0.25) is 0 Å². The Morgan fingerprint density at radius 2 is 1.77 bits per heavy atom. The van der Waals surface area contributed by atoms with Gasteiger partial charge in [0.05, 0.1) is 13.2 Å². The fraction of sp³-hybridized carbons (Fsp3) is 0.417. The quantitative estimate of drug-likeness (QED) is 0.762. The van der Waals surface area contributed by atoms with Gasteiger partial charge in [-0.2, -0.15) is 0 Å². The van der Waals surface area contributed by atoms with Gasteiger partial charge >= 0.3 is 0 Å². The van der Waals surface area contributed by atoms with Crippen molar-refractivity contribution in [2.45, 2.75) is 11.5 Å². The van der Waals surface area contributed by atoms with Gasteiger partial charge in [0.25, 0.3) is 11.8 Å². The summed E-state index contributed by atoms with van der Waals surface area (Å²) in [4.78, 5) is 32.5. The second kappa shape index (κ2) is 8.58. The Balaban J connectivity index is 1.65. The van der Waals surface area contributed by atoms with E-state index in [9.17, 15) is 9.59 Å². The number of benzene rings is 2. The maximum Gasteiger partial charge on any atom is 0.257 e. The van der Waals surface area contributed by atoms with Gasteiger partial charge in [0.15, 0.2) is 5.60 Å². The van der Waals surface area contributed by atoms with Crippen molar-refractivity contribution in [1.82, 2.24) is 14.7 Å². The molecule has 2 aromatic carbocycles. The van der Waals surface area contributed by atoms with E-state index in [4.69, 9.17) is 4.74 Å². The van der Waals surface area contributed by atoms with Gasteiger partial charge < -0.3 is 19.4 Å². The van der Waals surface area contributed by atoms with E-state index in [0.717, 1.165) is 12.1 Å². The molecule has 158 valence electrons. The second-order valence-corrected chi connectivity index (χ2v) is 8.35. The number of morpholine rings is 1. The van der Waals surface area contributed by atoms with E-state index >= 15 is 0 Å². The Labute approximate surface area is 178 Å². The van der Waals surface area contributed by atoms with Crippen LogP contribution in [0.4, 0.5) is 0 Å². The van der Waals surface area contributed by atoms with Crippen molar-refractivity contribution >= 4 is 11.8 Å². The maximum absolute atomic E-state index is 13.6. The van der Waals surface area contributed by atoms with Crippen molar-refractivity contribution in [3.63, 3.8) is 0 Å². The van der Waals surface area contributed by atoms with Crippen molar-refractivity contribution in [3.05, 3.63) is 71.8 Å². The first-order chi connectivity index (χ1) is 14.5. The van der Waals surface area contributed by atoms with Crippen LogP contribution < -0.4 is 0 Å². The third-order valence-electron chi connectivity index (χ3n) is 6.09. The molecule has 30 heavy (non-hydrogen) atoms. The number of likely N-dealkylation sites (N-methyl/N-ethyl adjacent to an activating group) is 1. The standard InChI is InChI=1S/C24H29N3O3/c1-25(2)13-14-26-17-21(19-9-5-3-6-10-19)24(23(26)29)18-27(15-16-30-24)22(28)20-11-7-4-8-12-20/h3-12,21H,13-18H2,1-2H3/t21-,24-/m0/s1. The summed E-state index contributed by atoms with van der Waals surface area (Å²) in [6.45, 7) is 3.15. The van der Waals surface area contributed by atoms with Crippen molar-refractivity contribution < 1.29 is 14.3 Å². The Morgan fingerprint density at radius 1 is 1.10 bits per heavy atom. The Hall–Kier alpha value is -2.70. The molecular formula is C24H29N3O3. The number of hydrogen-bond acceptors (Lipinski definition) is 4. The van der Waals surface area contributed by atoms with Crippen LogP contribution in [0.25, 0.3) is 0 Å². The highest BCUT2D eigenvalue weighted by Crippen LogP contribution is 2.42. The minimum absolute atomic E-state index is 0.0104. The number of nitrogens with zero attached hydrogens (tertiary/aromatic N) is 3. The molecule has 6 nitrogen and oxygen atoms in total. The molecule has 0 unspecified atom stereocenters. The Bertz CT molecular complexity index is 887. The molecule has 2 heterocycles. The molecule has 2 saturated heterocycles. The van der Waals surface area contributed by atoms with Gasteiger partial charge in [0, 0.05) is 37.7 Å². The van der Waals surface area contributed by atoms with Gasteiger partial charge in [-0.05, 0) is 31.8 Å². The summed E-state index contributed by atoms with van der Waals surface area (Å²) in [6.07, 6.45) is 0. The van der Waals surface area contributed by atoms with Gasteiger partial charge in [-0.3, -0.25) is 9.59 Å². The zero-order chi connectivity index (χ0) is 21.1. The van der Waals surface area contributed by atoms with Crippen molar-refractivity contribution in [2.75, 3.05) is 53.4 Å². The van der Waals surface area contributed by atoms with Crippen LogP contribution in [0.3, 0.4) is 0 Å². The highest BCUT2D eigenvalue weighted by atomic mass is 16.5. The lowest BCUT2D eigenvalue weighted by Crippen LogP contribution is -2.59. The normalized spacial score (nSPS) is 24.1. The third-order valence-corrected chi connectivity index (χ3v) is 6.09. The van der Waals surface area contributed by atoms with E-state index in [0.29, 0.717) is 31.8 Å². The van der Waals surface area contributed by atoms with Crippen LogP contribution in [-0.4, -0.2) is 85.5 Å². The third kappa shape index (κ3) is 3.85. The topological polar surface area (TPSA) is 53.1 Å². The molecule has 2 fully saturated rings.